The van der Waals surface area contributed by atoms with Crippen molar-refractivity contribution in [1.29, 1.82) is 0 Å². The molecule has 1 heterocycles. The molecule has 0 radical (unpaired) electrons. The van der Waals surface area contributed by atoms with Gasteiger partial charge in [-0.05, 0) is 40.0 Å². The van der Waals surface area contributed by atoms with Crippen molar-refractivity contribution in [2.75, 3.05) is 12.4 Å². The number of anilines is 1. The van der Waals surface area contributed by atoms with Crippen molar-refractivity contribution in [2.45, 2.75) is 31.3 Å². The van der Waals surface area contributed by atoms with E-state index in [4.69, 9.17) is 4.74 Å². The summed E-state index contributed by atoms with van der Waals surface area (Å²) in [6.07, 6.45) is 2.08. The fourth-order valence-electron chi connectivity index (χ4n) is 1.90. The lowest BCUT2D eigenvalue weighted by atomic mass is 10.2. The molecule has 0 saturated carbocycles. The lowest BCUT2D eigenvalue weighted by molar-refractivity contribution is 0.0635. The minimum Gasteiger partial charge on any atom is -0.444 e. The largest absolute Gasteiger partial charge is 0.444 e. The zero-order valence-electron chi connectivity index (χ0n) is 13.2. The van der Waals surface area contributed by atoms with Gasteiger partial charge in [0.1, 0.15) is 16.0 Å². The maximum atomic E-state index is 12.3. The molecule has 1 amide bonds. The Morgan fingerprint density at radius 2 is 1.83 bits per heavy atom. The fraction of sp³-hybridized carbons (Fsp3) is 0.357. The highest BCUT2D eigenvalue weighted by Gasteiger charge is 2.24. The number of hydrogen-bond donors (Lipinski definition) is 2. The highest BCUT2D eigenvalue weighted by Crippen LogP contribution is 2.28. The molecular weight excluding hydrogens is 320 g/mol. The molecule has 0 aliphatic rings. The summed E-state index contributed by atoms with van der Waals surface area (Å²) in [4.78, 5) is 19.9. The van der Waals surface area contributed by atoms with Gasteiger partial charge >= 0.3 is 6.09 Å². The first-order valence-corrected chi connectivity index (χ1v) is 8.29. The summed E-state index contributed by atoms with van der Waals surface area (Å²) in [6, 6.07) is 3.02. The van der Waals surface area contributed by atoms with Crippen LogP contribution in [0.4, 0.5) is 10.5 Å². The molecule has 0 aliphatic carbocycles. The van der Waals surface area contributed by atoms with Crippen LogP contribution in [0.3, 0.4) is 0 Å². The van der Waals surface area contributed by atoms with Gasteiger partial charge in [-0.3, -0.25) is 15.3 Å². The SMILES string of the molecule is CNS(=O)(=O)c1c(NC(=O)OC(C)(C)C)ccc2nccnc12. The Bertz CT molecular complexity index is 843. The van der Waals surface area contributed by atoms with Crippen molar-refractivity contribution in [3.05, 3.63) is 24.5 Å². The number of hydrogen-bond acceptors (Lipinski definition) is 6. The van der Waals surface area contributed by atoms with E-state index >= 15 is 0 Å². The summed E-state index contributed by atoms with van der Waals surface area (Å²) < 4.78 is 32.0. The summed E-state index contributed by atoms with van der Waals surface area (Å²) in [5.41, 5.74) is -0.0731. The maximum absolute atomic E-state index is 12.3. The monoisotopic (exact) mass is 338 g/mol. The molecule has 2 rings (SSSR count). The van der Waals surface area contributed by atoms with E-state index in [-0.39, 0.29) is 16.1 Å². The minimum atomic E-state index is -3.87. The first kappa shape index (κ1) is 17.1. The van der Waals surface area contributed by atoms with E-state index in [0.717, 1.165) is 0 Å². The predicted molar refractivity (Wildman–Crippen MR) is 85.6 cm³/mol. The Morgan fingerprint density at radius 1 is 1.17 bits per heavy atom. The number of benzene rings is 1. The average Bonchev–Trinajstić information content (AvgIpc) is 2.44. The standard InChI is InChI=1S/C14H18N4O4S/c1-14(2,3)22-13(19)18-10-6-5-9-11(17-8-7-16-9)12(10)23(20,21)15-4/h5-8,15H,1-4H3,(H,18,19). The third-order valence-electron chi connectivity index (χ3n) is 2.77. The van der Waals surface area contributed by atoms with Crippen LogP contribution in [0, 0.1) is 0 Å². The van der Waals surface area contributed by atoms with E-state index in [1.54, 1.807) is 26.8 Å². The number of fused-ring (bicyclic) bond motifs is 1. The van der Waals surface area contributed by atoms with E-state index < -0.39 is 21.7 Å². The van der Waals surface area contributed by atoms with Gasteiger partial charge in [0, 0.05) is 12.4 Å². The van der Waals surface area contributed by atoms with Crippen molar-refractivity contribution >= 4 is 32.8 Å². The number of sulfonamides is 1. The molecule has 23 heavy (non-hydrogen) atoms. The molecule has 0 atom stereocenters. The summed E-state index contributed by atoms with van der Waals surface area (Å²) in [7, 11) is -2.59. The normalized spacial score (nSPS) is 12.2. The molecular formula is C14H18N4O4S. The first-order valence-electron chi connectivity index (χ1n) is 6.81. The zero-order valence-corrected chi connectivity index (χ0v) is 14.1. The van der Waals surface area contributed by atoms with Crippen molar-refractivity contribution in [3.63, 3.8) is 0 Å². The van der Waals surface area contributed by atoms with Crippen molar-refractivity contribution in [3.8, 4) is 0 Å². The third kappa shape index (κ3) is 3.93. The summed E-state index contributed by atoms with van der Waals surface area (Å²) in [6.45, 7) is 5.14. The van der Waals surface area contributed by atoms with Gasteiger partial charge in [0.05, 0.1) is 11.2 Å². The van der Waals surface area contributed by atoms with Crippen LogP contribution in [0.1, 0.15) is 20.8 Å². The minimum absolute atomic E-state index is 0.0709. The van der Waals surface area contributed by atoms with Gasteiger partial charge in [0.15, 0.2) is 0 Å². The number of aromatic nitrogens is 2. The van der Waals surface area contributed by atoms with Gasteiger partial charge in [-0.25, -0.2) is 17.9 Å². The molecule has 0 aliphatic heterocycles. The van der Waals surface area contributed by atoms with E-state index in [2.05, 4.69) is 20.0 Å². The molecule has 2 aromatic rings. The Hall–Kier alpha value is -2.26. The number of ether oxygens (including phenoxy) is 1. The van der Waals surface area contributed by atoms with E-state index in [9.17, 15) is 13.2 Å². The smallest absolute Gasteiger partial charge is 0.412 e. The van der Waals surface area contributed by atoms with Crippen LogP contribution in [0.2, 0.25) is 0 Å². The van der Waals surface area contributed by atoms with Crippen molar-refractivity contribution in [1.82, 2.24) is 14.7 Å². The maximum Gasteiger partial charge on any atom is 0.412 e. The molecule has 0 saturated heterocycles. The summed E-state index contributed by atoms with van der Waals surface area (Å²) in [5.74, 6) is 0. The number of amides is 1. The van der Waals surface area contributed by atoms with Crippen LogP contribution < -0.4 is 10.0 Å². The molecule has 9 heteroatoms. The van der Waals surface area contributed by atoms with Crippen molar-refractivity contribution < 1.29 is 17.9 Å². The number of nitrogens with one attached hydrogen (secondary N) is 2. The Balaban J connectivity index is 2.56. The highest BCUT2D eigenvalue weighted by atomic mass is 32.2. The van der Waals surface area contributed by atoms with E-state index in [0.29, 0.717) is 5.52 Å². The second-order valence-electron chi connectivity index (χ2n) is 5.70. The predicted octanol–water partition coefficient (Wildman–Crippen LogP) is 1.88. The van der Waals surface area contributed by atoms with E-state index in [1.807, 2.05) is 0 Å². The third-order valence-corrected chi connectivity index (χ3v) is 4.26. The molecule has 124 valence electrons. The molecule has 0 fully saturated rings. The number of carbonyl (C=O) groups is 1. The molecule has 1 aromatic carbocycles. The van der Waals surface area contributed by atoms with Crippen LogP contribution >= 0.6 is 0 Å². The molecule has 0 bridgehead atoms. The lowest BCUT2D eigenvalue weighted by Crippen LogP contribution is -2.28. The van der Waals surface area contributed by atoms with Gasteiger partial charge in [-0.1, -0.05) is 0 Å². The van der Waals surface area contributed by atoms with Crippen LogP contribution in [0.15, 0.2) is 29.4 Å². The van der Waals surface area contributed by atoms with Crippen LogP contribution in [0.25, 0.3) is 11.0 Å². The van der Waals surface area contributed by atoms with Crippen LogP contribution in [-0.2, 0) is 14.8 Å². The number of nitrogens with zero attached hydrogens (tertiary/aromatic N) is 2. The Morgan fingerprint density at radius 3 is 2.43 bits per heavy atom. The molecule has 2 N–H and O–H groups in total. The van der Waals surface area contributed by atoms with Gasteiger partial charge in [-0.15, -0.1) is 0 Å². The number of carbonyl (C=O) groups excluding carboxylic acids is 1. The zero-order chi connectivity index (χ0) is 17.3. The Labute approximate surface area is 134 Å². The average molecular weight is 338 g/mol. The van der Waals surface area contributed by atoms with E-state index in [1.165, 1.54) is 25.5 Å². The molecule has 1 aromatic heterocycles. The molecule has 0 unspecified atom stereocenters. The summed E-state index contributed by atoms with van der Waals surface area (Å²) in [5, 5.41) is 2.45. The van der Waals surface area contributed by atoms with Crippen LogP contribution in [0.5, 0.6) is 0 Å². The molecule has 8 nitrogen and oxygen atoms in total. The topological polar surface area (TPSA) is 110 Å². The highest BCUT2D eigenvalue weighted by molar-refractivity contribution is 7.89. The Kier molecular flexibility index (Phi) is 4.53. The second kappa shape index (κ2) is 6.09. The first-order chi connectivity index (χ1) is 10.6. The molecule has 0 spiro atoms. The number of rotatable bonds is 3. The summed E-state index contributed by atoms with van der Waals surface area (Å²) >= 11 is 0. The quantitative estimate of drug-likeness (QED) is 0.884. The van der Waals surface area contributed by atoms with Gasteiger partial charge < -0.3 is 4.74 Å². The van der Waals surface area contributed by atoms with Crippen molar-refractivity contribution in [2.24, 2.45) is 0 Å². The van der Waals surface area contributed by atoms with Gasteiger partial charge in [-0.2, -0.15) is 0 Å². The van der Waals surface area contributed by atoms with Gasteiger partial charge in [0.25, 0.3) is 0 Å². The lowest BCUT2D eigenvalue weighted by Gasteiger charge is -2.20. The van der Waals surface area contributed by atoms with Gasteiger partial charge in [0.2, 0.25) is 10.0 Å². The second-order valence-corrected chi connectivity index (χ2v) is 7.52. The van der Waals surface area contributed by atoms with Crippen LogP contribution in [-0.4, -0.2) is 37.1 Å². The fourth-order valence-corrected chi connectivity index (χ4v) is 2.92.